The number of rotatable bonds is 3. The molecule has 17 heavy (non-hydrogen) atoms. The molecule has 0 unspecified atom stereocenters. The Labute approximate surface area is 100 Å². The van der Waals surface area contributed by atoms with E-state index in [4.69, 9.17) is 10.00 Å². The van der Waals surface area contributed by atoms with Crippen LogP contribution in [0.25, 0.3) is 11.1 Å². The summed E-state index contributed by atoms with van der Waals surface area (Å²) in [7, 11) is 3.49. The van der Waals surface area contributed by atoms with Gasteiger partial charge in [0.15, 0.2) is 0 Å². The van der Waals surface area contributed by atoms with Gasteiger partial charge in [0.2, 0.25) is 0 Å². The Bertz CT molecular complexity index is 566. The maximum absolute atomic E-state index is 8.71. The lowest BCUT2D eigenvalue weighted by molar-refractivity contribution is 0.411. The number of ether oxygens (including phenoxy) is 1. The van der Waals surface area contributed by atoms with Crippen molar-refractivity contribution in [2.45, 2.75) is 6.42 Å². The fraction of sp³-hybridized carbons (Fsp3) is 0.231. The number of hydrogen-bond donors (Lipinski definition) is 0. The zero-order chi connectivity index (χ0) is 12.3. The maximum Gasteiger partial charge on any atom is 0.123 e. The Hall–Kier alpha value is -2.28. The molecule has 0 radical (unpaired) electrons. The van der Waals surface area contributed by atoms with Crippen LogP contribution in [0, 0.1) is 11.3 Å². The lowest BCUT2D eigenvalue weighted by Crippen LogP contribution is -1.91. The smallest absolute Gasteiger partial charge is 0.123 e. The van der Waals surface area contributed by atoms with E-state index < -0.39 is 0 Å². The van der Waals surface area contributed by atoms with E-state index in [1.165, 1.54) is 0 Å². The Kier molecular flexibility index (Phi) is 3.10. The molecule has 0 atom stereocenters. The number of nitriles is 1. The predicted molar refractivity (Wildman–Crippen MR) is 64.5 cm³/mol. The zero-order valence-corrected chi connectivity index (χ0v) is 9.84. The predicted octanol–water partition coefficient (Wildman–Crippen LogP) is 2.16. The van der Waals surface area contributed by atoms with Crippen LogP contribution in [0.3, 0.4) is 0 Å². The van der Waals surface area contributed by atoms with Crippen molar-refractivity contribution >= 4 is 0 Å². The minimum absolute atomic E-state index is 0.358. The minimum Gasteiger partial charge on any atom is -0.496 e. The van der Waals surface area contributed by atoms with Crippen LogP contribution in [0.15, 0.2) is 30.6 Å². The van der Waals surface area contributed by atoms with Crippen LogP contribution in [0.4, 0.5) is 0 Å². The summed E-state index contributed by atoms with van der Waals surface area (Å²) < 4.78 is 7.04. The summed E-state index contributed by atoms with van der Waals surface area (Å²) in [5.74, 6) is 0.743. The van der Waals surface area contributed by atoms with Gasteiger partial charge in [-0.3, -0.25) is 4.68 Å². The second kappa shape index (κ2) is 4.71. The fourth-order valence-electron chi connectivity index (χ4n) is 1.73. The monoisotopic (exact) mass is 227 g/mol. The molecule has 0 fully saturated rings. The number of benzene rings is 1. The van der Waals surface area contributed by atoms with E-state index in [1.807, 2.05) is 31.4 Å². The highest BCUT2D eigenvalue weighted by Crippen LogP contribution is 2.27. The highest BCUT2D eigenvalue weighted by atomic mass is 16.5. The molecule has 0 aliphatic heterocycles. The summed E-state index contributed by atoms with van der Waals surface area (Å²) in [5, 5.41) is 12.8. The van der Waals surface area contributed by atoms with Crippen LogP contribution < -0.4 is 4.74 Å². The van der Waals surface area contributed by atoms with E-state index in [1.54, 1.807) is 18.0 Å². The summed E-state index contributed by atoms with van der Waals surface area (Å²) in [4.78, 5) is 0. The zero-order valence-electron chi connectivity index (χ0n) is 9.84. The third kappa shape index (κ3) is 2.28. The third-order valence-electron chi connectivity index (χ3n) is 2.59. The Morgan fingerprint density at radius 2 is 2.24 bits per heavy atom. The van der Waals surface area contributed by atoms with Crippen LogP contribution in [0.1, 0.15) is 5.56 Å². The molecule has 1 aromatic carbocycles. The average molecular weight is 227 g/mol. The van der Waals surface area contributed by atoms with Crippen LogP contribution in [-0.2, 0) is 13.5 Å². The van der Waals surface area contributed by atoms with E-state index in [0.29, 0.717) is 6.42 Å². The first-order valence-electron chi connectivity index (χ1n) is 5.27. The summed E-state index contributed by atoms with van der Waals surface area (Å²) in [6, 6.07) is 7.96. The fourth-order valence-corrected chi connectivity index (χ4v) is 1.73. The highest BCUT2D eigenvalue weighted by molar-refractivity contribution is 5.64. The van der Waals surface area contributed by atoms with E-state index >= 15 is 0 Å². The average Bonchev–Trinajstić information content (AvgIpc) is 2.77. The highest BCUT2D eigenvalue weighted by Gasteiger charge is 2.06. The van der Waals surface area contributed by atoms with Gasteiger partial charge < -0.3 is 4.74 Å². The standard InChI is InChI=1S/C13H13N3O/c1-16-9-12(8-15-16)11-4-3-10(5-6-14)13(7-11)17-2/h3-4,7-9H,5H2,1-2H3. The molecule has 86 valence electrons. The van der Waals surface area contributed by atoms with Gasteiger partial charge in [0.1, 0.15) is 5.75 Å². The molecule has 0 spiro atoms. The van der Waals surface area contributed by atoms with E-state index in [2.05, 4.69) is 11.2 Å². The molecule has 0 bridgehead atoms. The van der Waals surface area contributed by atoms with Gasteiger partial charge >= 0.3 is 0 Å². The first-order chi connectivity index (χ1) is 8.24. The first-order valence-corrected chi connectivity index (χ1v) is 5.27. The largest absolute Gasteiger partial charge is 0.496 e. The summed E-state index contributed by atoms with van der Waals surface area (Å²) in [5.41, 5.74) is 2.98. The summed E-state index contributed by atoms with van der Waals surface area (Å²) >= 11 is 0. The van der Waals surface area contributed by atoms with Crippen LogP contribution in [0.5, 0.6) is 5.75 Å². The molecule has 0 aliphatic carbocycles. The minimum atomic E-state index is 0.358. The molecule has 0 N–H and O–H groups in total. The second-order valence-corrected chi connectivity index (χ2v) is 3.76. The molecule has 4 heteroatoms. The Morgan fingerprint density at radius 3 is 2.82 bits per heavy atom. The van der Waals surface area contributed by atoms with Gasteiger partial charge in [-0.25, -0.2) is 0 Å². The number of aryl methyl sites for hydroxylation is 1. The quantitative estimate of drug-likeness (QED) is 0.807. The molecular weight excluding hydrogens is 214 g/mol. The first kappa shape index (κ1) is 11.2. The number of aromatic nitrogens is 2. The van der Waals surface area contributed by atoms with Crippen LogP contribution >= 0.6 is 0 Å². The number of methoxy groups -OCH3 is 1. The molecule has 1 aromatic heterocycles. The lowest BCUT2D eigenvalue weighted by Gasteiger charge is -2.07. The lowest BCUT2D eigenvalue weighted by atomic mass is 10.0. The maximum atomic E-state index is 8.71. The van der Waals surface area contributed by atoms with Crippen LogP contribution in [-0.4, -0.2) is 16.9 Å². The number of nitrogens with zero attached hydrogens (tertiary/aromatic N) is 3. The topological polar surface area (TPSA) is 50.8 Å². The van der Waals surface area contributed by atoms with Gasteiger partial charge in [0, 0.05) is 24.4 Å². The van der Waals surface area contributed by atoms with Crippen molar-refractivity contribution in [3.63, 3.8) is 0 Å². The van der Waals surface area contributed by atoms with Gasteiger partial charge in [0.25, 0.3) is 0 Å². The van der Waals surface area contributed by atoms with Crippen molar-refractivity contribution in [3.05, 3.63) is 36.2 Å². The van der Waals surface area contributed by atoms with Gasteiger partial charge in [-0.05, 0) is 11.6 Å². The number of hydrogen-bond acceptors (Lipinski definition) is 3. The molecule has 4 nitrogen and oxygen atoms in total. The second-order valence-electron chi connectivity index (χ2n) is 3.76. The molecule has 2 aromatic rings. The molecule has 0 saturated carbocycles. The molecule has 2 rings (SSSR count). The molecular formula is C13H13N3O. The van der Waals surface area contributed by atoms with E-state index in [9.17, 15) is 0 Å². The van der Waals surface area contributed by atoms with Gasteiger partial charge in [-0.2, -0.15) is 10.4 Å². The molecule has 0 aliphatic rings. The van der Waals surface area contributed by atoms with Gasteiger partial charge in [0.05, 0.1) is 25.8 Å². The van der Waals surface area contributed by atoms with Crippen molar-refractivity contribution in [3.8, 4) is 22.9 Å². The van der Waals surface area contributed by atoms with Crippen molar-refractivity contribution in [2.24, 2.45) is 7.05 Å². The van der Waals surface area contributed by atoms with Crippen molar-refractivity contribution in [1.82, 2.24) is 9.78 Å². The summed E-state index contributed by atoms with van der Waals surface area (Å²) in [6.45, 7) is 0. The molecule has 1 heterocycles. The van der Waals surface area contributed by atoms with Crippen molar-refractivity contribution < 1.29 is 4.74 Å². The van der Waals surface area contributed by atoms with Crippen molar-refractivity contribution in [1.29, 1.82) is 5.26 Å². The normalized spacial score (nSPS) is 9.94. The molecule has 0 amide bonds. The third-order valence-corrected chi connectivity index (χ3v) is 2.59. The Morgan fingerprint density at radius 1 is 1.41 bits per heavy atom. The van der Waals surface area contributed by atoms with E-state index in [0.717, 1.165) is 22.4 Å². The summed E-state index contributed by atoms with van der Waals surface area (Å²) in [6.07, 6.45) is 4.11. The van der Waals surface area contributed by atoms with Crippen molar-refractivity contribution in [2.75, 3.05) is 7.11 Å². The SMILES string of the molecule is COc1cc(-c2cnn(C)c2)ccc1CC#N. The Balaban J connectivity index is 2.41. The molecule has 0 saturated heterocycles. The van der Waals surface area contributed by atoms with E-state index in [-0.39, 0.29) is 0 Å². The van der Waals surface area contributed by atoms with Gasteiger partial charge in [-0.1, -0.05) is 12.1 Å². The van der Waals surface area contributed by atoms with Gasteiger partial charge in [-0.15, -0.1) is 0 Å². The van der Waals surface area contributed by atoms with Crippen LogP contribution in [0.2, 0.25) is 0 Å².